The Kier molecular flexibility index (Phi) is 6.49. The molecule has 1 aromatic carbocycles. The molecule has 0 spiro atoms. The number of guanidine groups is 1. The Morgan fingerprint density at radius 1 is 1.23 bits per heavy atom. The van der Waals surface area contributed by atoms with Crippen LogP contribution in [0.1, 0.15) is 5.56 Å². The quantitative estimate of drug-likeness (QED) is 0.529. The summed E-state index contributed by atoms with van der Waals surface area (Å²) in [4.78, 5) is 4.13. The van der Waals surface area contributed by atoms with Gasteiger partial charge in [-0.3, -0.25) is 4.99 Å². The molecular formula is C16H24N4O4S2. The van der Waals surface area contributed by atoms with E-state index in [1.807, 2.05) is 18.2 Å². The molecule has 0 radical (unpaired) electrons. The van der Waals surface area contributed by atoms with E-state index in [2.05, 4.69) is 15.6 Å². The van der Waals surface area contributed by atoms with Gasteiger partial charge in [0.25, 0.3) is 0 Å². The van der Waals surface area contributed by atoms with E-state index >= 15 is 0 Å². The van der Waals surface area contributed by atoms with Crippen LogP contribution >= 0.6 is 11.8 Å². The third-order valence-electron chi connectivity index (χ3n) is 4.14. The first-order chi connectivity index (χ1) is 12.6. The fourth-order valence-corrected chi connectivity index (χ4v) is 5.20. The lowest BCUT2D eigenvalue weighted by atomic mass is 10.2. The van der Waals surface area contributed by atoms with E-state index < -0.39 is 10.0 Å². The molecule has 0 aliphatic carbocycles. The molecule has 1 fully saturated rings. The van der Waals surface area contributed by atoms with E-state index in [4.69, 9.17) is 9.47 Å². The molecule has 3 rings (SSSR count). The largest absolute Gasteiger partial charge is 0.454 e. The average molecular weight is 401 g/mol. The van der Waals surface area contributed by atoms with Crippen LogP contribution in [0.2, 0.25) is 0 Å². The predicted molar refractivity (Wildman–Crippen MR) is 103 cm³/mol. The Balaban J connectivity index is 1.44. The standard InChI is InChI=1S/C16H24N4O4S2/c1-17-16(18-4-9-26(21,22)20-5-7-25-8-6-20)19-11-13-2-3-14-15(10-13)24-12-23-14/h2-3,10H,4-9,11-12H2,1H3,(H2,17,18,19). The van der Waals surface area contributed by atoms with Crippen molar-refractivity contribution in [2.24, 2.45) is 4.99 Å². The number of sulfonamides is 1. The van der Waals surface area contributed by atoms with E-state index in [9.17, 15) is 8.42 Å². The Hall–Kier alpha value is -1.65. The minimum absolute atomic E-state index is 0.0579. The molecule has 0 unspecified atom stereocenters. The summed E-state index contributed by atoms with van der Waals surface area (Å²) in [6.07, 6.45) is 0. The highest BCUT2D eigenvalue weighted by Gasteiger charge is 2.23. The van der Waals surface area contributed by atoms with Gasteiger partial charge in [-0.1, -0.05) is 6.07 Å². The fourth-order valence-electron chi connectivity index (χ4n) is 2.71. The summed E-state index contributed by atoms with van der Waals surface area (Å²) in [6, 6.07) is 5.74. The van der Waals surface area contributed by atoms with Gasteiger partial charge < -0.3 is 20.1 Å². The number of benzene rings is 1. The highest BCUT2D eigenvalue weighted by atomic mass is 32.2. The molecule has 2 aliphatic rings. The summed E-state index contributed by atoms with van der Waals surface area (Å²) in [5.41, 5.74) is 1.02. The molecule has 0 bridgehead atoms. The van der Waals surface area contributed by atoms with E-state index in [-0.39, 0.29) is 12.5 Å². The predicted octanol–water partition coefficient (Wildman–Crippen LogP) is 0.459. The molecular weight excluding hydrogens is 376 g/mol. The number of ether oxygens (including phenoxy) is 2. The molecule has 0 amide bonds. The normalized spacial score (nSPS) is 18.0. The van der Waals surface area contributed by atoms with Crippen LogP contribution in [-0.4, -0.2) is 69.4 Å². The summed E-state index contributed by atoms with van der Waals surface area (Å²) >= 11 is 1.79. The summed E-state index contributed by atoms with van der Waals surface area (Å²) in [5.74, 6) is 3.84. The van der Waals surface area contributed by atoms with Crippen molar-refractivity contribution in [2.45, 2.75) is 6.54 Å². The van der Waals surface area contributed by atoms with Gasteiger partial charge in [-0.25, -0.2) is 12.7 Å². The minimum atomic E-state index is -3.22. The number of rotatable bonds is 6. The number of fused-ring (bicyclic) bond motifs is 1. The molecule has 10 heteroatoms. The van der Waals surface area contributed by atoms with Crippen molar-refractivity contribution in [3.05, 3.63) is 23.8 Å². The lowest BCUT2D eigenvalue weighted by Gasteiger charge is -2.25. The molecule has 2 aliphatic heterocycles. The first-order valence-electron chi connectivity index (χ1n) is 8.47. The van der Waals surface area contributed by atoms with E-state index in [1.54, 1.807) is 23.1 Å². The number of aliphatic imine (C=N–C) groups is 1. The van der Waals surface area contributed by atoms with Crippen molar-refractivity contribution in [3.63, 3.8) is 0 Å². The third kappa shape index (κ3) is 4.95. The zero-order valence-corrected chi connectivity index (χ0v) is 16.4. The van der Waals surface area contributed by atoms with Crippen molar-refractivity contribution in [3.8, 4) is 11.5 Å². The van der Waals surface area contributed by atoms with Crippen molar-refractivity contribution in [1.82, 2.24) is 14.9 Å². The maximum atomic E-state index is 12.3. The molecule has 2 N–H and O–H groups in total. The number of nitrogens with one attached hydrogen (secondary N) is 2. The summed E-state index contributed by atoms with van der Waals surface area (Å²) in [7, 11) is -1.56. The molecule has 26 heavy (non-hydrogen) atoms. The first kappa shape index (κ1) is 19.1. The fraction of sp³-hybridized carbons (Fsp3) is 0.562. The SMILES string of the molecule is CN=C(NCCS(=O)(=O)N1CCSCC1)NCc1ccc2c(c1)OCO2. The highest BCUT2D eigenvalue weighted by Crippen LogP contribution is 2.32. The van der Waals surface area contributed by atoms with Gasteiger partial charge in [0.05, 0.1) is 5.75 Å². The molecule has 144 valence electrons. The molecule has 0 aromatic heterocycles. The maximum Gasteiger partial charge on any atom is 0.231 e. The monoisotopic (exact) mass is 400 g/mol. The second-order valence-electron chi connectivity index (χ2n) is 5.87. The Morgan fingerprint density at radius 2 is 2.00 bits per heavy atom. The molecule has 1 aromatic rings. The molecule has 2 heterocycles. The van der Waals surface area contributed by atoms with Gasteiger partial charge in [-0.2, -0.15) is 11.8 Å². The third-order valence-corrected chi connectivity index (χ3v) is 6.95. The van der Waals surface area contributed by atoms with Gasteiger partial charge in [0, 0.05) is 44.7 Å². The van der Waals surface area contributed by atoms with Gasteiger partial charge >= 0.3 is 0 Å². The summed E-state index contributed by atoms with van der Waals surface area (Å²) in [5, 5.41) is 6.23. The molecule has 0 atom stereocenters. The van der Waals surface area contributed by atoms with Crippen LogP contribution in [0.15, 0.2) is 23.2 Å². The van der Waals surface area contributed by atoms with Gasteiger partial charge in [0.1, 0.15) is 0 Å². The molecule has 1 saturated heterocycles. The van der Waals surface area contributed by atoms with E-state index in [1.165, 1.54) is 0 Å². The van der Waals surface area contributed by atoms with Gasteiger partial charge in [0.2, 0.25) is 16.8 Å². The van der Waals surface area contributed by atoms with Crippen LogP contribution < -0.4 is 20.1 Å². The van der Waals surface area contributed by atoms with E-state index in [0.717, 1.165) is 28.6 Å². The summed E-state index contributed by atoms with van der Waals surface area (Å²) in [6.45, 7) is 2.31. The Labute approximate surface area is 158 Å². The maximum absolute atomic E-state index is 12.3. The van der Waals surface area contributed by atoms with Crippen LogP contribution in [0.3, 0.4) is 0 Å². The van der Waals surface area contributed by atoms with Crippen LogP contribution in [0, 0.1) is 0 Å². The number of hydrogen-bond donors (Lipinski definition) is 2. The lowest BCUT2D eigenvalue weighted by molar-refractivity contribution is 0.174. The van der Waals surface area contributed by atoms with Gasteiger partial charge in [-0.05, 0) is 17.7 Å². The molecule has 8 nitrogen and oxygen atoms in total. The Bertz CT molecular complexity index is 749. The van der Waals surface area contributed by atoms with Crippen molar-refractivity contribution in [2.75, 3.05) is 50.7 Å². The molecule has 0 saturated carbocycles. The average Bonchev–Trinajstić information content (AvgIpc) is 3.13. The summed E-state index contributed by atoms with van der Waals surface area (Å²) < 4.78 is 36.9. The second-order valence-corrected chi connectivity index (χ2v) is 9.18. The number of thioether (sulfide) groups is 1. The number of hydrogen-bond acceptors (Lipinski definition) is 6. The highest BCUT2D eigenvalue weighted by molar-refractivity contribution is 7.99. The van der Waals surface area contributed by atoms with Gasteiger partial charge in [-0.15, -0.1) is 0 Å². The Morgan fingerprint density at radius 3 is 2.77 bits per heavy atom. The van der Waals surface area contributed by atoms with Crippen molar-refractivity contribution >= 4 is 27.7 Å². The zero-order valence-electron chi connectivity index (χ0n) is 14.7. The van der Waals surface area contributed by atoms with Crippen LogP contribution in [0.25, 0.3) is 0 Å². The van der Waals surface area contributed by atoms with Crippen LogP contribution in [0.4, 0.5) is 0 Å². The number of nitrogens with zero attached hydrogens (tertiary/aromatic N) is 2. The second kappa shape index (κ2) is 8.83. The van der Waals surface area contributed by atoms with Crippen molar-refractivity contribution in [1.29, 1.82) is 0 Å². The van der Waals surface area contributed by atoms with Gasteiger partial charge in [0.15, 0.2) is 17.5 Å². The first-order valence-corrected chi connectivity index (χ1v) is 11.2. The van der Waals surface area contributed by atoms with Crippen LogP contribution in [0.5, 0.6) is 11.5 Å². The van der Waals surface area contributed by atoms with Crippen LogP contribution in [-0.2, 0) is 16.6 Å². The lowest BCUT2D eigenvalue weighted by Crippen LogP contribution is -2.44. The minimum Gasteiger partial charge on any atom is -0.454 e. The van der Waals surface area contributed by atoms with Crippen molar-refractivity contribution < 1.29 is 17.9 Å². The zero-order chi connectivity index (χ0) is 18.4. The smallest absolute Gasteiger partial charge is 0.231 e. The topological polar surface area (TPSA) is 92.3 Å². The van der Waals surface area contributed by atoms with E-state index in [0.29, 0.717) is 32.1 Å².